The van der Waals surface area contributed by atoms with Crippen LogP contribution in [0.1, 0.15) is 74.6 Å². The van der Waals surface area contributed by atoms with Gasteiger partial charge in [0.15, 0.2) is 0 Å². The zero-order chi connectivity index (χ0) is 26.2. The summed E-state index contributed by atoms with van der Waals surface area (Å²) in [7, 11) is 0. The van der Waals surface area contributed by atoms with Crippen molar-refractivity contribution in [2.24, 2.45) is 11.3 Å². The highest BCUT2D eigenvalue weighted by molar-refractivity contribution is 5.97. The van der Waals surface area contributed by atoms with E-state index in [-0.39, 0.29) is 23.1 Å². The van der Waals surface area contributed by atoms with Gasteiger partial charge in [-0.2, -0.15) is 0 Å². The lowest BCUT2D eigenvalue weighted by Crippen LogP contribution is -2.45. The lowest BCUT2D eigenvalue weighted by molar-refractivity contribution is -0.137. The monoisotopic (exact) mass is 519 g/mol. The van der Waals surface area contributed by atoms with Crippen molar-refractivity contribution in [2.45, 2.75) is 64.2 Å². The van der Waals surface area contributed by atoms with Gasteiger partial charge in [-0.15, -0.1) is 0 Å². The Morgan fingerprint density at radius 2 is 1.76 bits per heavy atom. The van der Waals surface area contributed by atoms with Crippen molar-refractivity contribution in [1.82, 2.24) is 14.8 Å². The number of aromatic nitrogens is 1. The van der Waals surface area contributed by atoms with Gasteiger partial charge in [0.1, 0.15) is 18.1 Å². The molecule has 2 fully saturated rings. The summed E-state index contributed by atoms with van der Waals surface area (Å²) in [6.07, 6.45) is 13.8. The Morgan fingerprint density at radius 3 is 2.55 bits per heavy atom. The zero-order valence-corrected chi connectivity index (χ0v) is 22.5. The number of piperidine rings is 1. The molecule has 7 nitrogen and oxygen atoms in total. The topological polar surface area (TPSA) is 72.0 Å². The molecular formula is C31H41N3O4. The van der Waals surface area contributed by atoms with Crippen LogP contribution in [-0.2, 0) is 4.79 Å². The summed E-state index contributed by atoms with van der Waals surface area (Å²) in [5.41, 5.74) is 0.604. The number of benzene rings is 1. The second kappa shape index (κ2) is 12.6. The quantitative estimate of drug-likeness (QED) is 0.544. The van der Waals surface area contributed by atoms with Crippen LogP contribution in [0.15, 0.2) is 48.8 Å². The molecule has 1 aliphatic carbocycles. The molecule has 4 aliphatic rings. The standard InChI is InChI=1S/C31H41N3O4/c35-29(25-9-2-1-3-10-25)33-18-7-6-14-31(24-38-26-11-8-17-32-23-26)15-19-34(20-16-31)30(36)27-12-4-5-13-28(27)37-22-21-33/h4-5,8,11-13,17,23,25H,1-3,6-7,9-10,14-16,18-22,24H2. The lowest BCUT2D eigenvalue weighted by atomic mass is 9.75. The van der Waals surface area contributed by atoms with Crippen molar-refractivity contribution < 1.29 is 19.1 Å². The Morgan fingerprint density at radius 1 is 0.947 bits per heavy atom. The summed E-state index contributed by atoms with van der Waals surface area (Å²) in [4.78, 5) is 35.2. The fraction of sp³-hybridized carbons (Fsp3) is 0.581. The molecule has 204 valence electrons. The van der Waals surface area contributed by atoms with Crippen molar-refractivity contribution >= 4 is 11.8 Å². The van der Waals surface area contributed by atoms with Gasteiger partial charge < -0.3 is 19.3 Å². The molecule has 3 aliphatic heterocycles. The first-order chi connectivity index (χ1) is 18.6. The summed E-state index contributed by atoms with van der Waals surface area (Å²) in [5.74, 6) is 1.83. The second-order valence-electron chi connectivity index (χ2n) is 11.2. The number of rotatable bonds is 4. The molecule has 6 rings (SSSR count). The Hall–Kier alpha value is -3.09. The van der Waals surface area contributed by atoms with Gasteiger partial charge >= 0.3 is 0 Å². The van der Waals surface area contributed by atoms with Gasteiger partial charge in [0.2, 0.25) is 5.91 Å². The van der Waals surface area contributed by atoms with Crippen LogP contribution in [0.5, 0.6) is 11.5 Å². The SMILES string of the molecule is O=C1c2ccccc2OCCN(C(=O)C2CCCCC2)CCCCC2(COc3cccnc3)CCN1CC2. The number of para-hydroxylation sites is 1. The first-order valence-electron chi connectivity index (χ1n) is 14.5. The first kappa shape index (κ1) is 26.5. The molecule has 7 heteroatoms. The molecule has 0 radical (unpaired) electrons. The largest absolute Gasteiger partial charge is 0.491 e. The van der Waals surface area contributed by atoms with E-state index in [1.54, 1.807) is 12.4 Å². The fourth-order valence-electron chi connectivity index (χ4n) is 6.27. The Kier molecular flexibility index (Phi) is 8.82. The molecule has 0 unspecified atom stereocenters. The number of hydrogen-bond donors (Lipinski definition) is 0. The van der Waals surface area contributed by atoms with E-state index in [1.165, 1.54) is 6.42 Å². The highest BCUT2D eigenvalue weighted by atomic mass is 16.5. The van der Waals surface area contributed by atoms with E-state index in [4.69, 9.17) is 9.47 Å². The van der Waals surface area contributed by atoms with E-state index >= 15 is 0 Å². The van der Waals surface area contributed by atoms with Gasteiger partial charge in [-0.3, -0.25) is 14.6 Å². The van der Waals surface area contributed by atoms with E-state index in [2.05, 4.69) is 4.98 Å². The predicted octanol–water partition coefficient (Wildman–Crippen LogP) is 5.35. The highest BCUT2D eigenvalue weighted by Crippen LogP contribution is 2.38. The summed E-state index contributed by atoms with van der Waals surface area (Å²) < 4.78 is 12.4. The Bertz CT molecular complexity index is 1060. The summed E-state index contributed by atoms with van der Waals surface area (Å²) in [6, 6.07) is 11.4. The van der Waals surface area contributed by atoms with Crippen molar-refractivity contribution in [2.75, 3.05) is 39.4 Å². The number of amides is 2. The molecule has 1 saturated heterocycles. The number of nitrogens with zero attached hydrogens (tertiary/aromatic N) is 3. The van der Waals surface area contributed by atoms with Gasteiger partial charge in [0.05, 0.1) is 24.9 Å². The van der Waals surface area contributed by atoms with Crippen molar-refractivity contribution in [3.63, 3.8) is 0 Å². The van der Waals surface area contributed by atoms with Crippen LogP contribution < -0.4 is 9.47 Å². The molecule has 2 bridgehead atoms. The predicted molar refractivity (Wildman–Crippen MR) is 146 cm³/mol. The summed E-state index contributed by atoms with van der Waals surface area (Å²) in [6.45, 7) is 3.73. The number of hydrogen-bond acceptors (Lipinski definition) is 5. The molecule has 1 aromatic carbocycles. The van der Waals surface area contributed by atoms with E-state index in [0.29, 0.717) is 44.2 Å². The van der Waals surface area contributed by atoms with Crippen LogP contribution in [0, 0.1) is 11.3 Å². The zero-order valence-electron chi connectivity index (χ0n) is 22.5. The molecule has 1 saturated carbocycles. The Labute approximate surface area is 226 Å². The number of fused-ring (bicyclic) bond motifs is 9. The first-order valence-corrected chi connectivity index (χ1v) is 14.5. The number of carbonyl (C=O) groups excluding carboxylic acids is 2. The highest BCUT2D eigenvalue weighted by Gasteiger charge is 2.37. The van der Waals surface area contributed by atoms with Gasteiger partial charge in [0, 0.05) is 37.2 Å². The van der Waals surface area contributed by atoms with Crippen LogP contribution in [0.25, 0.3) is 0 Å². The minimum Gasteiger partial charge on any atom is -0.491 e. The molecule has 0 atom stereocenters. The molecule has 2 aromatic rings. The lowest BCUT2D eigenvalue weighted by Gasteiger charge is -2.42. The van der Waals surface area contributed by atoms with Gasteiger partial charge in [-0.25, -0.2) is 0 Å². The van der Waals surface area contributed by atoms with Crippen LogP contribution in [0.4, 0.5) is 0 Å². The van der Waals surface area contributed by atoms with E-state index in [9.17, 15) is 9.59 Å². The third kappa shape index (κ3) is 6.48. The molecule has 2 amide bonds. The minimum absolute atomic E-state index is 0.00102. The molecule has 38 heavy (non-hydrogen) atoms. The van der Waals surface area contributed by atoms with Crippen LogP contribution >= 0.6 is 0 Å². The van der Waals surface area contributed by atoms with Crippen LogP contribution in [0.2, 0.25) is 0 Å². The van der Waals surface area contributed by atoms with Gasteiger partial charge in [0.25, 0.3) is 5.91 Å². The molecular weight excluding hydrogens is 478 g/mol. The van der Waals surface area contributed by atoms with Crippen molar-refractivity contribution in [3.8, 4) is 11.5 Å². The van der Waals surface area contributed by atoms with E-state index in [1.807, 2.05) is 46.2 Å². The molecule has 1 aromatic heterocycles. The van der Waals surface area contributed by atoms with Gasteiger partial charge in [-0.05, 0) is 62.8 Å². The molecule has 0 N–H and O–H groups in total. The number of carbonyl (C=O) groups is 2. The third-order valence-electron chi connectivity index (χ3n) is 8.68. The molecule has 0 spiro atoms. The second-order valence-corrected chi connectivity index (χ2v) is 11.2. The Balaban J connectivity index is 1.34. The van der Waals surface area contributed by atoms with Crippen LogP contribution in [-0.4, -0.2) is 66.0 Å². The maximum atomic E-state index is 13.5. The third-order valence-corrected chi connectivity index (χ3v) is 8.68. The summed E-state index contributed by atoms with van der Waals surface area (Å²) in [5, 5.41) is 0. The maximum absolute atomic E-state index is 13.5. The fourth-order valence-corrected chi connectivity index (χ4v) is 6.27. The summed E-state index contributed by atoms with van der Waals surface area (Å²) >= 11 is 0. The van der Waals surface area contributed by atoms with E-state index < -0.39 is 0 Å². The number of ether oxygens (including phenoxy) is 2. The van der Waals surface area contributed by atoms with E-state index in [0.717, 1.165) is 70.1 Å². The normalized spacial score (nSPS) is 21.1. The van der Waals surface area contributed by atoms with Crippen molar-refractivity contribution in [3.05, 3.63) is 54.4 Å². The van der Waals surface area contributed by atoms with Gasteiger partial charge in [-0.1, -0.05) is 37.8 Å². The maximum Gasteiger partial charge on any atom is 0.257 e. The number of pyridine rings is 1. The average Bonchev–Trinajstić information content (AvgIpc) is 2.98. The average molecular weight is 520 g/mol. The molecule has 4 heterocycles. The smallest absolute Gasteiger partial charge is 0.257 e. The minimum atomic E-state index is 0.00102. The van der Waals surface area contributed by atoms with Crippen molar-refractivity contribution in [1.29, 1.82) is 0 Å². The van der Waals surface area contributed by atoms with Crippen LogP contribution in [0.3, 0.4) is 0 Å².